The highest BCUT2D eigenvalue weighted by molar-refractivity contribution is 5.76. The lowest BCUT2D eigenvalue weighted by atomic mass is 10.0. The lowest BCUT2D eigenvalue weighted by Gasteiger charge is -2.19. The van der Waals surface area contributed by atoms with Crippen LogP contribution in [0.5, 0.6) is 11.5 Å². The van der Waals surface area contributed by atoms with Crippen molar-refractivity contribution in [3.63, 3.8) is 0 Å². The SMILES string of the molecule is CNC(=O)C[C@H]1C[C@H]2CN(Cc3ccc4c(c3)OCO4)C[C@H]2O1. The van der Waals surface area contributed by atoms with Gasteiger partial charge >= 0.3 is 0 Å². The molecule has 0 unspecified atom stereocenters. The summed E-state index contributed by atoms with van der Waals surface area (Å²) in [5, 5.41) is 2.67. The Morgan fingerprint density at radius 2 is 2.17 bits per heavy atom. The minimum atomic E-state index is 0.0622. The molecule has 1 aromatic rings. The van der Waals surface area contributed by atoms with Gasteiger partial charge in [-0.2, -0.15) is 0 Å². The monoisotopic (exact) mass is 318 g/mol. The highest BCUT2D eigenvalue weighted by Gasteiger charge is 2.42. The van der Waals surface area contributed by atoms with E-state index in [-0.39, 0.29) is 18.1 Å². The molecule has 1 amide bonds. The molecule has 3 heterocycles. The second-order valence-corrected chi connectivity index (χ2v) is 6.55. The van der Waals surface area contributed by atoms with Crippen LogP contribution in [0.3, 0.4) is 0 Å². The third-order valence-corrected chi connectivity index (χ3v) is 4.92. The molecule has 6 nitrogen and oxygen atoms in total. The average Bonchev–Trinajstić information content (AvgIpc) is 3.21. The summed E-state index contributed by atoms with van der Waals surface area (Å²) in [7, 11) is 1.67. The van der Waals surface area contributed by atoms with Gasteiger partial charge in [-0.3, -0.25) is 9.69 Å². The number of likely N-dealkylation sites (tertiary alicyclic amines) is 1. The number of ether oxygens (including phenoxy) is 3. The molecule has 0 spiro atoms. The van der Waals surface area contributed by atoms with E-state index in [1.807, 2.05) is 6.07 Å². The highest BCUT2D eigenvalue weighted by atomic mass is 16.7. The van der Waals surface area contributed by atoms with Gasteiger partial charge in [0.1, 0.15) is 0 Å². The lowest BCUT2D eigenvalue weighted by Crippen LogP contribution is -2.28. The maximum Gasteiger partial charge on any atom is 0.231 e. The number of amides is 1. The van der Waals surface area contributed by atoms with E-state index in [0.717, 1.165) is 37.6 Å². The Morgan fingerprint density at radius 1 is 1.30 bits per heavy atom. The van der Waals surface area contributed by atoms with Crippen molar-refractivity contribution in [3.8, 4) is 11.5 Å². The largest absolute Gasteiger partial charge is 0.454 e. The number of hydrogen-bond donors (Lipinski definition) is 1. The van der Waals surface area contributed by atoms with Crippen molar-refractivity contribution in [2.75, 3.05) is 26.9 Å². The highest BCUT2D eigenvalue weighted by Crippen LogP contribution is 2.36. The number of fused-ring (bicyclic) bond motifs is 2. The topological polar surface area (TPSA) is 60.0 Å². The number of nitrogens with zero attached hydrogens (tertiary/aromatic N) is 1. The summed E-state index contributed by atoms with van der Waals surface area (Å²) in [6, 6.07) is 6.13. The van der Waals surface area contributed by atoms with Crippen LogP contribution in [-0.4, -0.2) is 49.9 Å². The summed E-state index contributed by atoms with van der Waals surface area (Å²) in [5.74, 6) is 2.27. The van der Waals surface area contributed by atoms with Crippen LogP contribution in [0.2, 0.25) is 0 Å². The van der Waals surface area contributed by atoms with Crippen molar-refractivity contribution in [1.82, 2.24) is 10.2 Å². The summed E-state index contributed by atoms with van der Waals surface area (Å²) in [4.78, 5) is 13.9. The predicted octanol–water partition coefficient (Wildman–Crippen LogP) is 1.14. The Balaban J connectivity index is 1.32. The van der Waals surface area contributed by atoms with Crippen LogP contribution in [0, 0.1) is 5.92 Å². The quantitative estimate of drug-likeness (QED) is 0.902. The van der Waals surface area contributed by atoms with E-state index < -0.39 is 0 Å². The van der Waals surface area contributed by atoms with Crippen LogP contribution in [-0.2, 0) is 16.1 Å². The number of hydrogen-bond acceptors (Lipinski definition) is 5. The molecule has 2 saturated heterocycles. The van der Waals surface area contributed by atoms with Crippen molar-refractivity contribution in [3.05, 3.63) is 23.8 Å². The summed E-state index contributed by atoms with van der Waals surface area (Å²) in [6.45, 7) is 3.17. The van der Waals surface area contributed by atoms with Gasteiger partial charge in [0, 0.05) is 32.6 Å². The summed E-state index contributed by atoms with van der Waals surface area (Å²) in [6.07, 6.45) is 1.80. The molecule has 3 aliphatic heterocycles. The van der Waals surface area contributed by atoms with E-state index >= 15 is 0 Å². The van der Waals surface area contributed by atoms with Crippen LogP contribution in [0.1, 0.15) is 18.4 Å². The molecule has 3 atom stereocenters. The Labute approximate surface area is 135 Å². The molecule has 0 aliphatic carbocycles. The van der Waals surface area contributed by atoms with Crippen molar-refractivity contribution in [1.29, 1.82) is 0 Å². The van der Waals surface area contributed by atoms with Crippen molar-refractivity contribution in [2.45, 2.75) is 31.6 Å². The molecule has 1 N–H and O–H groups in total. The fourth-order valence-electron chi connectivity index (χ4n) is 3.82. The summed E-state index contributed by atoms with van der Waals surface area (Å²) >= 11 is 0. The minimum absolute atomic E-state index is 0.0622. The molecule has 6 heteroatoms. The van der Waals surface area contributed by atoms with E-state index in [2.05, 4.69) is 22.3 Å². The molecule has 4 rings (SSSR count). The molecule has 3 aliphatic rings. The van der Waals surface area contributed by atoms with E-state index in [9.17, 15) is 4.79 Å². The van der Waals surface area contributed by atoms with Gasteiger partial charge in [0.05, 0.1) is 18.6 Å². The van der Waals surface area contributed by atoms with Crippen molar-refractivity contribution < 1.29 is 19.0 Å². The molecule has 0 bridgehead atoms. The van der Waals surface area contributed by atoms with E-state index in [4.69, 9.17) is 14.2 Å². The van der Waals surface area contributed by atoms with Gasteiger partial charge in [-0.1, -0.05) is 6.07 Å². The number of rotatable bonds is 4. The van der Waals surface area contributed by atoms with Gasteiger partial charge in [-0.25, -0.2) is 0 Å². The fraction of sp³-hybridized carbons (Fsp3) is 0.588. The average molecular weight is 318 g/mol. The molecule has 0 radical (unpaired) electrons. The third-order valence-electron chi connectivity index (χ3n) is 4.92. The van der Waals surface area contributed by atoms with Gasteiger partial charge in [-0.05, 0) is 24.1 Å². The van der Waals surface area contributed by atoms with Crippen LogP contribution in [0.25, 0.3) is 0 Å². The zero-order chi connectivity index (χ0) is 15.8. The third kappa shape index (κ3) is 3.01. The number of carbonyl (C=O) groups excluding carboxylic acids is 1. The van der Waals surface area contributed by atoms with E-state index in [0.29, 0.717) is 19.1 Å². The first kappa shape index (κ1) is 14.8. The van der Waals surface area contributed by atoms with Gasteiger partial charge in [0.15, 0.2) is 11.5 Å². The maximum absolute atomic E-state index is 11.5. The smallest absolute Gasteiger partial charge is 0.231 e. The van der Waals surface area contributed by atoms with Crippen LogP contribution in [0.4, 0.5) is 0 Å². The Kier molecular flexibility index (Phi) is 3.87. The normalized spacial score (nSPS) is 28.8. The first-order chi connectivity index (χ1) is 11.2. The maximum atomic E-state index is 11.5. The minimum Gasteiger partial charge on any atom is -0.454 e. The molecule has 0 aromatic heterocycles. The van der Waals surface area contributed by atoms with Gasteiger partial charge < -0.3 is 19.5 Å². The molecule has 1 aromatic carbocycles. The van der Waals surface area contributed by atoms with Gasteiger partial charge in [-0.15, -0.1) is 0 Å². The predicted molar refractivity (Wildman–Crippen MR) is 83.3 cm³/mol. The van der Waals surface area contributed by atoms with Crippen molar-refractivity contribution in [2.24, 2.45) is 5.92 Å². The van der Waals surface area contributed by atoms with E-state index in [1.165, 1.54) is 5.56 Å². The van der Waals surface area contributed by atoms with Gasteiger partial charge in [0.25, 0.3) is 0 Å². The molecule has 23 heavy (non-hydrogen) atoms. The second-order valence-electron chi connectivity index (χ2n) is 6.55. The van der Waals surface area contributed by atoms with Gasteiger partial charge in [0.2, 0.25) is 12.7 Å². The second kappa shape index (κ2) is 6.02. The van der Waals surface area contributed by atoms with E-state index in [1.54, 1.807) is 7.05 Å². The number of nitrogens with one attached hydrogen (secondary N) is 1. The zero-order valence-electron chi connectivity index (χ0n) is 13.3. The Morgan fingerprint density at radius 3 is 3.00 bits per heavy atom. The fourth-order valence-corrected chi connectivity index (χ4v) is 3.82. The van der Waals surface area contributed by atoms with Crippen LogP contribution < -0.4 is 14.8 Å². The lowest BCUT2D eigenvalue weighted by molar-refractivity contribution is -0.123. The Hall–Kier alpha value is -1.79. The number of benzene rings is 1. The van der Waals surface area contributed by atoms with Crippen LogP contribution >= 0.6 is 0 Å². The summed E-state index contributed by atoms with van der Waals surface area (Å²) < 4.78 is 16.8. The standard InChI is InChI=1S/C17H22N2O4/c1-18-17(20)6-13-5-12-8-19(9-16(12)23-13)7-11-2-3-14-15(4-11)22-10-21-14/h2-4,12-13,16H,5-10H2,1H3,(H,18,20)/t12-,13+,16+/m0/s1. The molecular formula is C17H22N2O4. The number of carbonyl (C=O) groups is 1. The van der Waals surface area contributed by atoms with Crippen LogP contribution in [0.15, 0.2) is 18.2 Å². The first-order valence-corrected chi connectivity index (χ1v) is 8.18. The molecule has 124 valence electrons. The first-order valence-electron chi connectivity index (χ1n) is 8.18. The zero-order valence-corrected chi connectivity index (χ0v) is 13.3. The Bertz CT molecular complexity index is 592. The molecule has 2 fully saturated rings. The van der Waals surface area contributed by atoms with Crippen molar-refractivity contribution >= 4 is 5.91 Å². The molecular weight excluding hydrogens is 296 g/mol. The molecule has 0 saturated carbocycles. The summed E-state index contributed by atoms with van der Waals surface area (Å²) in [5.41, 5.74) is 1.23.